The summed E-state index contributed by atoms with van der Waals surface area (Å²) < 4.78 is 6.44. The van der Waals surface area contributed by atoms with Gasteiger partial charge in [-0.1, -0.05) is 55.5 Å². The lowest BCUT2D eigenvalue weighted by Crippen LogP contribution is -2.54. The van der Waals surface area contributed by atoms with Gasteiger partial charge in [0, 0.05) is 17.3 Å². The van der Waals surface area contributed by atoms with Gasteiger partial charge in [0.1, 0.15) is 5.54 Å². The third-order valence-electron chi connectivity index (χ3n) is 5.43. The standard InChI is InChI=1S/C22H25ClN2O4/c1-29-21(28)22(12-6-2-3-7-13-22)24-20(27)17-10-11-19(26)25(15-17)14-16-8-4-5-9-18(16)23/h4-5,8-11,15H,2-3,6-7,12-14H2,1H3,(H,24,27). The zero-order valence-electron chi connectivity index (χ0n) is 16.4. The van der Waals surface area contributed by atoms with Crippen molar-refractivity contribution in [1.82, 2.24) is 9.88 Å². The van der Waals surface area contributed by atoms with Crippen molar-refractivity contribution in [3.63, 3.8) is 0 Å². The van der Waals surface area contributed by atoms with Gasteiger partial charge in [0.15, 0.2) is 0 Å². The highest BCUT2D eigenvalue weighted by atomic mass is 35.5. The van der Waals surface area contributed by atoms with E-state index in [4.69, 9.17) is 16.3 Å². The predicted molar refractivity (Wildman–Crippen MR) is 111 cm³/mol. The number of benzene rings is 1. The number of carbonyl (C=O) groups is 2. The molecule has 2 aromatic rings. The summed E-state index contributed by atoms with van der Waals surface area (Å²) in [5, 5.41) is 3.46. The number of ether oxygens (including phenoxy) is 1. The summed E-state index contributed by atoms with van der Waals surface area (Å²) in [6.07, 6.45) is 6.34. The van der Waals surface area contributed by atoms with Crippen LogP contribution in [0.4, 0.5) is 0 Å². The highest BCUT2D eigenvalue weighted by molar-refractivity contribution is 6.31. The summed E-state index contributed by atoms with van der Waals surface area (Å²) in [6, 6.07) is 10.1. The van der Waals surface area contributed by atoms with Crippen LogP contribution in [0, 0.1) is 0 Å². The molecule has 1 aliphatic rings. The molecule has 3 rings (SSSR count). The Bertz CT molecular complexity index is 946. The number of carbonyl (C=O) groups excluding carboxylic acids is 2. The average Bonchev–Trinajstić information content (AvgIpc) is 2.97. The van der Waals surface area contributed by atoms with Gasteiger partial charge < -0.3 is 14.6 Å². The smallest absolute Gasteiger partial charge is 0.331 e. The second kappa shape index (κ2) is 9.27. The molecular weight excluding hydrogens is 392 g/mol. The number of esters is 1. The molecule has 0 saturated heterocycles. The molecule has 1 heterocycles. The molecule has 1 saturated carbocycles. The minimum Gasteiger partial charge on any atom is -0.467 e. The van der Waals surface area contributed by atoms with Crippen molar-refractivity contribution in [3.05, 3.63) is 69.1 Å². The zero-order valence-corrected chi connectivity index (χ0v) is 17.2. The van der Waals surface area contributed by atoms with Crippen LogP contribution in [0.3, 0.4) is 0 Å². The quantitative estimate of drug-likeness (QED) is 0.597. The zero-order chi connectivity index (χ0) is 20.9. The maximum Gasteiger partial charge on any atom is 0.331 e. The van der Waals surface area contributed by atoms with Gasteiger partial charge in [0.2, 0.25) is 0 Å². The summed E-state index contributed by atoms with van der Waals surface area (Å²) in [4.78, 5) is 37.8. The number of pyridine rings is 1. The Morgan fingerprint density at radius 1 is 1.10 bits per heavy atom. The molecule has 0 aliphatic heterocycles. The number of nitrogens with one attached hydrogen (secondary N) is 1. The largest absolute Gasteiger partial charge is 0.467 e. The van der Waals surface area contributed by atoms with E-state index in [9.17, 15) is 14.4 Å². The molecule has 1 fully saturated rings. The first-order valence-electron chi connectivity index (χ1n) is 9.80. The lowest BCUT2D eigenvalue weighted by Gasteiger charge is -2.31. The highest BCUT2D eigenvalue weighted by Gasteiger charge is 2.41. The molecule has 6 nitrogen and oxygen atoms in total. The second-order valence-corrected chi connectivity index (χ2v) is 7.82. The van der Waals surface area contributed by atoms with Gasteiger partial charge in [-0.25, -0.2) is 4.79 Å². The maximum absolute atomic E-state index is 13.0. The Labute approximate surface area is 174 Å². The molecule has 0 atom stereocenters. The summed E-state index contributed by atoms with van der Waals surface area (Å²) in [5.74, 6) is -0.817. The molecule has 7 heteroatoms. The van der Waals surface area contributed by atoms with Crippen molar-refractivity contribution >= 4 is 23.5 Å². The monoisotopic (exact) mass is 416 g/mol. The summed E-state index contributed by atoms with van der Waals surface area (Å²) in [7, 11) is 1.34. The van der Waals surface area contributed by atoms with Crippen LogP contribution in [-0.4, -0.2) is 29.1 Å². The van der Waals surface area contributed by atoms with Gasteiger partial charge in [0.25, 0.3) is 11.5 Å². The van der Waals surface area contributed by atoms with Crippen LogP contribution in [0.15, 0.2) is 47.4 Å². The van der Waals surface area contributed by atoms with Crippen LogP contribution in [0.2, 0.25) is 5.02 Å². The first-order chi connectivity index (χ1) is 13.9. The van der Waals surface area contributed by atoms with E-state index in [1.54, 1.807) is 6.07 Å². The Morgan fingerprint density at radius 3 is 2.45 bits per heavy atom. The SMILES string of the molecule is COC(=O)C1(NC(=O)c2ccc(=O)n(Cc3ccccc3Cl)c2)CCCCCC1. The normalized spacial score (nSPS) is 15.9. The van der Waals surface area contributed by atoms with E-state index in [1.807, 2.05) is 18.2 Å². The molecule has 1 aromatic carbocycles. The Balaban J connectivity index is 1.86. The van der Waals surface area contributed by atoms with Crippen molar-refractivity contribution in [3.8, 4) is 0 Å². The molecule has 0 radical (unpaired) electrons. The molecular formula is C22H25ClN2O4. The molecule has 1 aromatic heterocycles. The number of amides is 1. The number of halogens is 1. The van der Waals surface area contributed by atoms with Crippen LogP contribution in [0.25, 0.3) is 0 Å². The average molecular weight is 417 g/mol. The Morgan fingerprint density at radius 2 is 1.79 bits per heavy atom. The number of aromatic nitrogens is 1. The van der Waals surface area contributed by atoms with Gasteiger partial charge in [-0.2, -0.15) is 0 Å². The summed E-state index contributed by atoms with van der Waals surface area (Å²) >= 11 is 6.20. The van der Waals surface area contributed by atoms with Crippen molar-refractivity contribution in [2.24, 2.45) is 0 Å². The summed E-state index contributed by atoms with van der Waals surface area (Å²) in [6.45, 7) is 0.252. The fourth-order valence-corrected chi connectivity index (χ4v) is 3.99. The first-order valence-corrected chi connectivity index (χ1v) is 10.2. The Hall–Kier alpha value is -2.60. The van der Waals surface area contributed by atoms with Gasteiger partial charge in [-0.05, 0) is 30.5 Å². The third-order valence-corrected chi connectivity index (χ3v) is 5.80. The molecule has 1 N–H and O–H groups in total. The van der Waals surface area contributed by atoms with Crippen LogP contribution in [-0.2, 0) is 16.1 Å². The predicted octanol–water partition coefficient (Wildman–Crippen LogP) is 3.55. The minimum absolute atomic E-state index is 0.237. The second-order valence-electron chi connectivity index (χ2n) is 7.42. The lowest BCUT2D eigenvalue weighted by molar-refractivity contribution is -0.148. The molecule has 0 bridgehead atoms. The fourth-order valence-electron chi connectivity index (χ4n) is 3.80. The molecule has 29 heavy (non-hydrogen) atoms. The van der Waals surface area contributed by atoms with Crippen molar-refractivity contribution < 1.29 is 14.3 Å². The first kappa shape index (κ1) is 21.1. The van der Waals surface area contributed by atoms with Gasteiger partial charge in [-0.3, -0.25) is 9.59 Å². The number of rotatable bonds is 5. The number of nitrogens with zero attached hydrogens (tertiary/aromatic N) is 1. The fraction of sp³-hybridized carbons (Fsp3) is 0.409. The minimum atomic E-state index is -1.02. The number of methoxy groups -OCH3 is 1. The van der Waals surface area contributed by atoms with Gasteiger partial charge in [0.05, 0.1) is 19.2 Å². The molecule has 154 valence electrons. The third kappa shape index (κ3) is 4.88. The van der Waals surface area contributed by atoms with Crippen LogP contribution >= 0.6 is 11.6 Å². The van der Waals surface area contributed by atoms with E-state index < -0.39 is 17.4 Å². The maximum atomic E-state index is 13.0. The highest BCUT2D eigenvalue weighted by Crippen LogP contribution is 2.28. The van der Waals surface area contributed by atoms with E-state index in [0.717, 1.165) is 31.2 Å². The molecule has 0 unspecified atom stereocenters. The van der Waals surface area contributed by atoms with E-state index in [-0.39, 0.29) is 12.1 Å². The van der Waals surface area contributed by atoms with Crippen molar-refractivity contribution in [1.29, 1.82) is 0 Å². The topological polar surface area (TPSA) is 77.4 Å². The van der Waals surface area contributed by atoms with Gasteiger partial charge in [-0.15, -0.1) is 0 Å². The van der Waals surface area contributed by atoms with Crippen LogP contribution < -0.4 is 10.9 Å². The molecule has 1 amide bonds. The summed E-state index contributed by atoms with van der Waals surface area (Å²) in [5.41, 5.74) is -0.169. The number of hydrogen-bond acceptors (Lipinski definition) is 4. The van der Waals surface area contributed by atoms with Crippen LogP contribution in [0.1, 0.15) is 54.4 Å². The van der Waals surface area contributed by atoms with E-state index >= 15 is 0 Å². The molecule has 1 aliphatic carbocycles. The Kier molecular flexibility index (Phi) is 6.75. The van der Waals surface area contributed by atoms with E-state index in [2.05, 4.69) is 5.32 Å². The van der Waals surface area contributed by atoms with Crippen LogP contribution in [0.5, 0.6) is 0 Å². The van der Waals surface area contributed by atoms with Crippen molar-refractivity contribution in [2.75, 3.05) is 7.11 Å². The number of hydrogen-bond donors (Lipinski definition) is 1. The van der Waals surface area contributed by atoms with Crippen molar-refractivity contribution in [2.45, 2.75) is 50.6 Å². The van der Waals surface area contributed by atoms with Gasteiger partial charge >= 0.3 is 5.97 Å². The van der Waals surface area contributed by atoms with E-state index in [1.165, 1.54) is 30.0 Å². The lowest BCUT2D eigenvalue weighted by atomic mass is 9.89. The molecule has 0 spiro atoms. The van der Waals surface area contributed by atoms with E-state index in [0.29, 0.717) is 23.4 Å².